The Kier molecular flexibility index (Phi) is 5.24. The van der Waals surface area contributed by atoms with E-state index in [1.807, 2.05) is 0 Å². The number of hydrogen-bond acceptors (Lipinski definition) is 0. The van der Waals surface area contributed by atoms with Crippen LogP contribution in [0.4, 0.5) is 0 Å². The molecule has 186 valence electrons. The van der Waals surface area contributed by atoms with Crippen LogP contribution in [0.5, 0.6) is 0 Å². The van der Waals surface area contributed by atoms with Crippen LogP contribution < -0.4 is 0 Å². The zero-order valence-corrected chi connectivity index (χ0v) is 22.0. The Balaban J connectivity index is 1.43. The third-order valence-electron chi connectivity index (χ3n) is 8.22. The van der Waals surface area contributed by atoms with E-state index in [0.29, 0.717) is 0 Å². The molecular weight excluding hydrogens is 480 g/mol. The monoisotopic (exact) mass is 506 g/mol. The minimum Gasteiger partial charge on any atom is -0.0622 e. The van der Waals surface area contributed by atoms with Crippen LogP contribution in [0.3, 0.4) is 0 Å². The lowest BCUT2D eigenvalue weighted by atomic mass is 9.87. The maximum atomic E-state index is 2.41. The van der Waals surface area contributed by atoms with Crippen molar-refractivity contribution >= 4 is 43.1 Å². The highest BCUT2D eigenvalue weighted by atomic mass is 14.2. The summed E-state index contributed by atoms with van der Waals surface area (Å²) in [4.78, 5) is 0. The Morgan fingerprint density at radius 2 is 0.725 bits per heavy atom. The summed E-state index contributed by atoms with van der Waals surface area (Å²) in [6, 6.07) is 57.6. The van der Waals surface area contributed by atoms with Crippen molar-refractivity contribution in [2.45, 2.75) is 0 Å². The van der Waals surface area contributed by atoms with Crippen molar-refractivity contribution in [3.05, 3.63) is 158 Å². The van der Waals surface area contributed by atoms with Crippen molar-refractivity contribution in [1.29, 1.82) is 0 Å². The van der Waals surface area contributed by atoms with Gasteiger partial charge in [0.25, 0.3) is 0 Å². The molecule has 0 atom stereocenters. The molecule has 0 heteroatoms. The zero-order chi connectivity index (χ0) is 26.5. The molecule has 0 aliphatic carbocycles. The van der Waals surface area contributed by atoms with Gasteiger partial charge < -0.3 is 0 Å². The third kappa shape index (κ3) is 3.69. The third-order valence-corrected chi connectivity index (χ3v) is 8.22. The first-order valence-corrected chi connectivity index (χ1v) is 13.9. The predicted molar refractivity (Wildman–Crippen MR) is 173 cm³/mol. The summed E-state index contributed by atoms with van der Waals surface area (Å²) in [7, 11) is 0. The summed E-state index contributed by atoms with van der Waals surface area (Å²) in [5.41, 5.74) is 7.50. The molecule has 0 aromatic heterocycles. The van der Waals surface area contributed by atoms with Crippen LogP contribution in [0.25, 0.3) is 76.5 Å². The van der Waals surface area contributed by atoms with Crippen LogP contribution in [-0.2, 0) is 0 Å². The average Bonchev–Trinajstić information content (AvgIpc) is 3.04. The van der Waals surface area contributed by atoms with Crippen LogP contribution in [0.2, 0.25) is 0 Å². The molecule has 0 N–H and O–H groups in total. The second-order valence-electron chi connectivity index (χ2n) is 10.5. The molecule has 0 aliphatic rings. The Bertz CT molecular complexity index is 2200. The lowest BCUT2D eigenvalue weighted by Crippen LogP contribution is -1.89. The van der Waals surface area contributed by atoms with E-state index in [1.165, 1.54) is 76.5 Å². The first-order valence-electron chi connectivity index (χ1n) is 13.9. The van der Waals surface area contributed by atoms with E-state index in [1.54, 1.807) is 0 Å². The van der Waals surface area contributed by atoms with Crippen LogP contribution >= 0.6 is 0 Å². The van der Waals surface area contributed by atoms with Crippen LogP contribution in [0.15, 0.2) is 158 Å². The van der Waals surface area contributed by atoms with Gasteiger partial charge in [-0.3, -0.25) is 0 Å². The molecule has 0 aliphatic heterocycles. The van der Waals surface area contributed by atoms with Crippen molar-refractivity contribution in [2.75, 3.05) is 0 Å². The molecule has 0 spiro atoms. The maximum absolute atomic E-state index is 2.41. The molecule has 40 heavy (non-hydrogen) atoms. The maximum Gasteiger partial charge on any atom is -0.00923 e. The van der Waals surface area contributed by atoms with Gasteiger partial charge in [0.05, 0.1) is 0 Å². The number of hydrogen-bond donors (Lipinski definition) is 0. The minimum absolute atomic E-state index is 1.23. The Labute approximate surface area is 233 Å². The van der Waals surface area contributed by atoms with Crippen molar-refractivity contribution in [3.63, 3.8) is 0 Å². The summed E-state index contributed by atoms with van der Waals surface area (Å²) in [6.45, 7) is 0. The molecule has 8 rings (SSSR count). The van der Waals surface area contributed by atoms with Gasteiger partial charge >= 0.3 is 0 Å². The molecule has 0 saturated carbocycles. The number of rotatable bonds is 3. The van der Waals surface area contributed by atoms with E-state index in [2.05, 4.69) is 158 Å². The van der Waals surface area contributed by atoms with Crippen LogP contribution in [0, 0.1) is 0 Å². The second kappa shape index (κ2) is 9.22. The fourth-order valence-electron chi connectivity index (χ4n) is 6.28. The van der Waals surface area contributed by atoms with Gasteiger partial charge in [0.15, 0.2) is 0 Å². The summed E-state index contributed by atoms with van der Waals surface area (Å²) < 4.78 is 0. The summed E-state index contributed by atoms with van der Waals surface area (Å²) in [5.74, 6) is 0. The highest BCUT2D eigenvalue weighted by Crippen LogP contribution is 2.42. The molecule has 0 bridgehead atoms. The predicted octanol–water partition coefficient (Wildman–Crippen LogP) is 11.3. The minimum atomic E-state index is 1.23. The van der Waals surface area contributed by atoms with Gasteiger partial charge in [0, 0.05) is 0 Å². The van der Waals surface area contributed by atoms with E-state index >= 15 is 0 Å². The number of benzene rings is 8. The fourth-order valence-corrected chi connectivity index (χ4v) is 6.28. The van der Waals surface area contributed by atoms with Gasteiger partial charge in [-0.25, -0.2) is 0 Å². The molecular formula is C40H26. The topological polar surface area (TPSA) is 0 Å². The SMILES string of the molecule is c1ccc(-c2cccc(-c3cc4c5ccccc5c(-c5ccc6ccccc6c5)cc4c4ccccc34)c2)cc1. The Morgan fingerprint density at radius 1 is 0.225 bits per heavy atom. The molecule has 0 fully saturated rings. The molecule has 0 radical (unpaired) electrons. The highest BCUT2D eigenvalue weighted by Gasteiger charge is 2.15. The normalized spacial score (nSPS) is 11.5. The summed E-state index contributed by atoms with van der Waals surface area (Å²) in [5, 5.41) is 10.2. The molecule has 0 heterocycles. The van der Waals surface area contributed by atoms with E-state index in [0.717, 1.165) is 0 Å². The standard InChI is InChI=1S/C40H26/c1-2-11-27(12-3-1)30-15-10-16-31(23-30)37-25-39-36-20-9-7-18-34(36)38(26-40(39)35-19-8-6-17-33(35)37)32-22-21-28-13-4-5-14-29(28)24-32/h1-26H. The second-order valence-corrected chi connectivity index (χ2v) is 10.5. The van der Waals surface area contributed by atoms with E-state index in [9.17, 15) is 0 Å². The Hall–Kier alpha value is -5.20. The van der Waals surface area contributed by atoms with Gasteiger partial charge in [0.1, 0.15) is 0 Å². The highest BCUT2D eigenvalue weighted by molar-refractivity contribution is 6.24. The van der Waals surface area contributed by atoms with Gasteiger partial charge in [-0.15, -0.1) is 0 Å². The van der Waals surface area contributed by atoms with E-state index < -0.39 is 0 Å². The van der Waals surface area contributed by atoms with Crippen molar-refractivity contribution in [3.8, 4) is 33.4 Å². The molecule has 0 saturated heterocycles. The van der Waals surface area contributed by atoms with E-state index in [-0.39, 0.29) is 0 Å². The average molecular weight is 507 g/mol. The largest absolute Gasteiger partial charge is 0.0622 e. The van der Waals surface area contributed by atoms with Crippen molar-refractivity contribution in [1.82, 2.24) is 0 Å². The molecule has 0 nitrogen and oxygen atoms in total. The summed E-state index contributed by atoms with van der Waals surface area (Å²) in [6.07, 6.45) is 0. The molecule has 0 unspecified atom stereocenters. The van der Waals surface area contributed by atoms with Crippen molar-refractivity contribution < 1.29 is 0 Å². The lowest BCUT2D eigenvalue weighted by Gasteiger charge is -2.16. The fraction of sp³-hybridized carbons (Fsp3) is 0. The zero-order valence-electron chi connectivity index (χ0n) is 22.0. The summed E-state index contributed by atoms with van der Waals surface area (Å²) >= 11 is 0. The first-order chi connectivity index (χ1) is 19.8. The quantitative estimate of drug-likeness (QED) is 0.209. The van der Waals surface area contributed by atoms with Gasteiger partial charge in [-0.05, 0) is 101 Å². The first kappa shape index (κ1) is 22.8. The van der Waals surface area contributed by atoms with Crippen LogP contribution in [-0.4, -0.2) is 0 Å². The lowest BCUT2D eigenvalue weighted by molar-refractivity contribution is 1.61. The number of fused-ring (bicyclic) bond motifs is 6. The van der Waals surface area contributed by atoms with Crippen LogP contribution in [0.1, 0.15) is 0 Å². The molecule has 8 aromatic rings. The van der Waals surface area contributed by atoms with Gasteiger partial charge in [0.2, 0.25) is 0 Å². The molecule has 8 aromatic carbocycles. The molecule has 0 amide bonds. The van der Waals surface area contributed by atoms with E-state index in [4.69, 9.17) is 0 Å². The smallest absolute Gasteiger partial charge is 0.00923 e. The Morgan fingerprint density at radius 3 is 1.40 bits per heavy atom. The van der Waals surface area contributed by atoms with Crippen molar-refractivity contribution in [2.24, 2.45) is 0 Å². The van der Waals surface area contributed by atoms with Gasteiger partial charge in [-0.2, -0.15) is 0 Å². The van der Waals surface area contributed by atoms with Gasteiger partial charge in [-0.1, -0.05) is 133 Å².